The molecule has 1 aliphatic rings. The molecular weight excluding hydrogens is 636 g/mol. The molecule has 0 saturated carbocycles. The van der Waals surface area contributed by atoms with Crippen molar-refractivity contribution >= 4 is 5.97 Å². The monoisotopic (exact) mass is 709 g/mol. The van der Waals surface area contributed by atoms with Crippen LogP contribution in [-0.2, 0) is 23.7 Å². The minimum absolute atomic E-state index is 0.124. The Morgan fingerprint density at radius 1 is 0.660 bits per heavy atom. The maximum absolute atomic E-state index is 12.7. The van der Waals surface area contributed by atoms with Crippen molar-refractivity contribution in [2.24, 2.45) is 0 Å². The van der Waals surface area contributed by atoms with Gasteiger partial charge in [0.15, 0.2) is 6.29 Å². The molecular formula is C41H72O9. The van der Waals surface area contributed by atoms with E-state index >= 15 is 0 Å². The number of allylic oxidation sites excluding steroid dienone is 8. The fourth-order valence-electron chi connectivity index (χ4n) is 5.66. The van der Waals surface area contributed by atoms with E-state index in [0.717, 1.165) is 70.6 Å². The average molecular weight is 709 g/mol. The molecule has 6 unspecified atom stereocenters. The standard InChI is InChI=1S/C41H72O9/c1-3-5-7-9-11-13-15-16-17-18-19-20-21-22-24-26-28-30-37(43)49-35(33-47-31-29-27-25-23-14-12-10-8-6-4-2)34-48-41-40(46)39(45)38(44)36(32-42)50-41/h5,7,11,13,16-17,19-20,35-36,38-42,44-46H,3-4,6,8-10,12,14-15,18,21-34H2,1-2H3/b7-5-,13-11-,17-16-,20-19-. The molecule has 0 spiro atoms. The third-order valence-corrected chi connectivity index (χ3v) is 8.76. The Hall–Kier alpha value is -1.85. The predicted molar refractivity (Wildman–Crippen MR) is 201 cm³/mol. The molecule has 0 aromatic carbocycles. The number of ether oxygens (including phenoxy) is 4. The van der Waals surface area contributed by atoms with E-state index in [9.17, 15) is 25.2 Å². The second-order valence-corrected chi connectivity index (χ2v) is 13.4. The van der Waals surface area contributed by atoms with Crippen molar-refractivity contribution in [2.45, 2.75) is 179 Å². The van der Waals surface area contributed by atoms with E-state index < -0.39 is 43.4 Å². The van der Waals surface area contributed by atoms with E-state index in [1.165, 1.54) is 51.4 Å². The van der Waals surface area contributed by atoms with Gasteiger partial charge in [0.1, 0.15) is 30.5 Å². The van der Waals surface area contributed by atoms with Gasteiger partial charge < -0.3 is 39.4 Å². The third kappa shape index (κ3) is 24.4. The van der Waals surface area contributed by atoms with Gasteiger partial charge in [-0.2, -0.15) is 0 Å². The van der Waals surface area contributed by atoms with Crippen LogP contribution in [0.5, 0.6) is 0 Å². The lowest BCUT2D eigenvalue weighted by Crippen LogP contribution is -2.59. The first-order valence-electron chi connectivity index (χ1n) is 19.7. The smallest absolute Gasteiger partial charge is 0.306 e. The molecule has 1 aliphatic heterocycles. The lowest BCUT2D eigenvalue weighted by Gasteiger charge is -2.39. The molecule has 1 saturated heterocycles. The first-order chi connectivity index (χ1) is 24.4. The summed E-state index contributed by atoms with van der Waals surface area (Å²) in [6.07, 6.45) is 31.3. The molecule has 6 atom stereocenters. The number of hydrogen-bond acceptors (Lipinski definition) is 9. The average Bonchev–Trinajstić information content (AvgIpc) is 3.11. The molecule has 290 valence electrons. The highest BCUT2D eigenvalue weighted by atomic mass is 16.7. The molecule has 4 N–H and O–H groups in total. The van der Waals surface area contributed by atoms with Gasteiger partial charge >= 0.3 is 5.97 Å². The molecule has 50 heavy (non-hydrogen) atoms. The van der Waals surface area contributed by atoms with Gasteiger partial charge in [0.2, 0.25) is 0 Å². The molecule has 1 heterocycles. The van der Waals surface area contributed by atoms with Crippen LogP contribution in [0.15, 0.2) is 48.6 Å². The van der Waals surface area contributed by atoms with Crippen LogP contribution in [0.4, 0.5) is 0 Å². The highest BCUT2D eigenvalue weighted by molar-refractivity contribution is 5.69. The molecule has 0 aromatic heterocycles. The summed E-state index contributed by atoms with van der Waals surface area (Å²) in [5.41, 5.74) is 0. The highest BCUT2D eigenvalue weighted by Crippen LogP contribution is 2.22. The molecule has 9 heteroatoms. The topological polar surface area (TPSA) is 135 Å². The minimum Gasteiger partial charge on any atom is -0.457 e. The third-order valence-electron chi connectivity index (χ3n) is 8.76. The van der Waals surface area contributed by atoms with E-state index in [1.807, 2.05) is 0 Å². The first-order valence-corrected chi connectivity index (χ1v) is 19.7. The van der Waals surface area contributed by atoms with Crippen LogP contribution in [-0.4, -0.2) is 89.6 Å². The fourth-order valence-corrected chi connectivity index (χ4v) is 5.66. The number of esters is 1. The van der Waals surface area contributed by atoms with Crippen LogP contribution in [0.1, 0.15) is 142 Å². The lowest BCUT2D eigenvalue weighted by molar-refractivity contribution is -0.305. The Bertz CT molecular complexity index is 900. The van der Waals surface area contributed by atoms with Gasteiger partial charge in [-0.25, -0.2) is 0 Å². The Morgan fingerprint density at radius 3 is 1.84 bits per heavy atom. The Morgan fingerprint density at radius 2 is 1.22 bits per heavy atom. The molecule has 0 aromatic rings. The normalized spacial score (nSPS) is 22.1. The maximum Gasteiger partial charge on any atom is 0.306 e. The molecule has 0 radical (unpaired) electrons. The molecule has 1 fully saturated rings. The van der Waals surface area contributed by atoms with E-state index in [2.05, 4.69) is 62.5 Å². The number of hydrogen-bond donors (Lipinski definition) is 4. The quantitative estimate of drug-likeness (QED) is 0.0314. The number of carbonyl (C=O) groups is 1. The molecule has 0 amide bonds. The predicted octanol–water partition coefficient (Wildman–Crippen LogP) is 7.80. The maximum atomic E-state index is 12.7. The van der Waals surface area contributed by atoms with E-state index in [-0.39, 0.29) is 19.2 Å². The summed E-state index contributed by atoms with van der Waals surface area (Å²) in [5, 5.41) is 39.9. The zero-order valence-electron chi connectivity index (χ0n) is 31.4. The van der Waals surface area contributed by atoms with Gasteiger partial charge in [0.25, 0.3) is 0 Å². The second kappa shape index (κ2) is 33.0. The Labute approximate surface area is 303 Å². The van der Waals surface area contributed by atoms with Crippen LogP contribution in [0.3, 0.4) is 0 Å². The summed E-state index contributed by atoms with van der Waals surface area (Å²) < 4.78 is 22.7. The number of carbonyl (C=O) groups excluding carboxylic acids is 1. The van der Waals surface area contributed by atoms with Gasteiger partial charge in [-0.3, -0.25) is 4.79 Å². The number of aliphatic hydroxyl groups excluding tert-OH is 4. The van der Waals surface area contributed by atoms with E-state index in [1.54, 1.807) is 0 Å². The summed E-state index contributed by atoms with van der Waals surface area (Å²) in [6.45, 7) is 4.39. The first kappa shape index (κ1) is 46.2. The number of aliphatic hydroxyl groups is 4. The second-order valence-electron chi connectivity index (χ2n) is 13.4. The summed E-state index contributed by atoms with van der Waals surface area (Å²) in [5.74, 6) is -0.339. The zero-order chi connectivity index (χ0) is 36.5. The Kier molecular flexibility index (Phi) is 30.5. The van der Waals surface area contributed by atoms with Crippen molar-refractivity contribution in [1.29, 1.82) is 0 Å². The SMILES string of the molecule is CC/C=C\C/C=C\C/C=C\C/C=C\CCCCCCC(=O)OC(COCCCCCCCCCCCC)COC1OC(CO)C(O)C(O)C1O. The Balaban J connectivity index is 2.34. The minimum atomic E-state index is -1.54. The van der Waals surface area contributed by atoms with Crippen LogP contribution < -0.4 is 0 Å². The van der Waals surface area contributed by atoms with Crippen molar-refractivity contribution in [3.63, 3.8) is 0 Å². The van der Waals surface area contributed by atoms with Gasteiger partial charge in [0.05, 0.1) is 19.8 Å². The van der Waals surface area contributed by atoms with Crippen LogP contribution in [0.25, 0.3) is 0 Å². The van der Waals surface area contributed by atoms with Crippen molar-refractivity contribution in [1.82, 2.24) is 0 Å². The van der Waals surface area contributed by atoms with Gasteiger partial charge in [-0.1, -0.05) is 133 Å². The van der Waals surface area contributed by atoms with Crippen molar-refractivity contribution in [2.75, 3.05) is 26.4 Å². The number of rotatable bonds is 32. The van der Waals surface area contributed by atoms with Crippen LogP contribution in [0.2, 0.25) is 0 Å². The summed E-state index contributed by atoms with van der Waals surface area (Å²) in [6, 6.07) is 0. The van der Waals surface area contributed by atoms with Crippen molar-refractivity contribution in [3.05, 3.63) is 48.6 Å². The van der Waals surface area contributed by atoms with Crippen LogP contribution >= 0.6 is 0 Å². The molecule has 0 bridgehead atoms. The summed E-state index contributed by atoms with van der Waals surface area (Å²) in [4.78, 5) is 12.7. The lowest BCUT2D eigenvalue weighted by atomic mass is 9.99. The van der Waals surface area contributed by atoms with Gasteiger partial charge in [-0.15, -0.1) is 0 Å². The largest absolute Gasteiger partial charge is 0.457 e. The van der Waals surface area contributed by atoms with E-state index in [0.29, 0.717) is 13.0 Å². The van der Waals surface area contributed by atoms with Gasteiger partial charge in [0, 0.05) is 13.0 Å². The van der Waals surface area contributed by atoms with E-state index in [4.69, 9.17) is 18.9 Å². The number of unbranched alkanes of at least 4 members (excludes halogenated alkanes) is 13. The molecule has 0 aliphatic carbocycles. The van der Waals surface area contributed by atoms with Crippen molar-refractivity contribution < 1.29 is 44.2 Å². The molecule has 9 nitrogen and oxygen atoms in total. The summed E-state index contributed by atoms with van der Waals surface area (Å²) >= 11 is 0. The molecule has 1 rings (SSSR count). The zero-order valence-corrected chi connectivity index (χ0v) is 31.4. The van der Waals surface area contributed by atoms with Crippen LogP contribution in [0, 0.1) is 0 Å². The van der Waals surface area contributed by atoms with Crippen molar-refractivity contribution in [3.8, 4) is 0 Å². The fraction of sp³-hybridized carbons (Fsp3) is 0.780. The van der Waals surface area contributed by atoms with Gasteiger partial charge in [-0.05, 0) is 51.4 Å². The summed E-state index contributed by atoms with van der Waals surface area (Å²) in [7, 11) is 0. The highest BCUT2D eigenvalue weighted by Gasteiger charge is 2.44.